The van der Waals surface area contributed by atoms with Crippen LogP contribution in [0, 0.1) is 5.92 Å². The van der Waals surface area contributed by atoms with Gasteiger partial charge in [-0.3, -0.25) is 0 Å². The van der Waals surface area contributed by atoms with Crippen molar-refractivity contribution < 1.29 is 13.2 Å². The van der Waals surface area contributed by atoms with Crippen LogP contribution in [0.1, 0.15) is 13.8 Å². The third-order valence-corrected chi connectivity index (χ3v) is 1.71. The van der Waals surface area contributed by atoms with Gasteiger partial charge in [-0.1, -0.05) is 13.8 Å². The second-order valence-electron chi connectivity index (χ2n) is 2.71. The first kappa shape index (κ1) is 7.81. The van der Waals surface area contributed by atoms with Gasteiger partial charge in [-0.15, -0.1) is 0 Å². The second-order valence-corrected chi connectivity index (χ2v) is 2.71. The number of nitrogens with one attached hydrogen (secondary N) is 2. The van der Waals surface area contributed by atoms with Crippen molar-refractivity contribution in [1.82, 2.24) is 10.9 Å². The van der Waals surface area contributed by atoms with E-state index in [0.717, 1.165) is 0 Å². The third-order valence-electron chi connectivity index (χ3n) is 1.71. The van der Waals surface area contributed by atoms with Gasteiger partial charge in [-0.2, -0.15) is 13.2 Å². The molecule has 0 amide bonds. The fourth-order valence-corrected chi connectivity index (χ4v) is 0.825. The minimum atomic E-state index is -4.19. The summed E-state index contributed by atoms with van der Waals surface area (Å²) in [5.74, 6) is -0.479. The molecule has 2 nitrogen and oxygen atoms in total. The van der Waals surface area contributed by atoms with Crippen LogP contribution in [0.4, 0.5) is 13.2 Å². The molecule has 1 saturated heterocycles. The minimum Gasteiger partial charge on any atom is -0.227 e. The number of alkyl halides is 3. The van der Waals surface area contributed by atoms with Crippen molar-refractivity contribution in [3.05, 3.63) is 0 Å². The van der Waals surface area contributed by atoms with E-state index in [4.69, 9.17) is 0 Å². The lowest BCUT2D eigenvalue weighted by molar-refractivity contribution is -0.172. The molecule has 60 valence electrons. The Morgan fingerprint density at radius 1 is 1.20 bits per heavy atom. The summed E-state index contributed by atoms with van der Waals surface area (Å²) in [6.45, 7) is 3.03. The van der Waals surface area contributed by atoms with E-state index >= 15 is 0 Å². The molecule has 5 heteroatoms. The van der Waals surface area contributed by atoms with Gasteiger partial charge in [0.25, 0.3) is 0 Å². The van der Waals surface area contributed by atoms with Crippen LogP contribution in [-0.2, 0) is 0 Å². The average Bonchev–Trinajstić information content (AvgIpc) is 2.36. The Balaban J connectivity index is 2.70. The average molecular weight is 154 g/mol. The molecule has 1 fully saturated rings. The van der Waals surface area contributed by atoms with Crippen LogP contribution in [0.3, 0.4) is 0 Å². The van der Waals surface area contributed by atoms with Gasteiger partial charge in [0.2, 0.25) is 0 Å². The number of halogens is 3. The van der Waals surface area contributed by atoms with E-state index in [9.17, 15) is 13.2 Å². The number of hydrogen-bond donors (Lipinski definition) is 2. The lowest BCUT2D eigenvalue weighted by Crippen LogP contribution is -2.42. The van der Waals surface area contributed by atoms with Crippen LogP contribution >= 0.6 is 0 Å². The fourth-order valence-electron chi connectivity index (χ4n) is 0.825. The van der Waals surface area contributed by atoms with E-state index in [1.165, 1.54) is 13.8 Å². The van der Waals surface area contributed by atoms with Crippen molar-refractivity contribution in [3.8, 4) is 0 Å². The van der Waals surface area contributed by atoms with Crippen LogP contribution in [0.25, 0.3) is 0 Å². The molecule has 2 N–H and O–H groups in total. The molecule has 10 heavy (non-hydrogen) atoms. The van der Waals surface area contributed by atoms with Crippen LogP contribution in [0.5, 0.6) is 0 Å². The number of rotatable bonds is 1. The fraction of sp³-hybridized carbons (Fsp3) is 1.00. The molecular formula is C5H9F3N2. The first-order chi connectivity index (χ1) is 4.40. The van der Waals surface area contributed by atoms with E-state index in [1.807, 2.05) is 0 Å². The Morgan fingerprint density at radius 3 is 1.60 bits per heavy atom. The summed E-state index contributed by atoms with van der Waals surface area (Å²) < 4.78 is 36.1. The van der Waals surface area contributed by atoms with Crippen molar-refractivity contribution in [1.29, 1.82) is 0 Å². The van der Waals surface area contributed by atoms with Crippen molar-refractivity contribution in [2.45, 2.75) is 25.7 Å². The maximum Gasteiger partial charge on any atom is 0.422 e. The standard InChI is InChI=1S/C5H9F3N2/c1-3(2)4(9-10-4)5(6,7)8/h3,9-10H,1-2H3. The predicted octanol–water partition coefficient (Wildman–Crippen LogP) is 1.01. The van der Waals surface area contributed by atoms with E-state index in [1.54, 1.807) is 0 Å². The number of hydrogen-bond acceptors (Lipinski definition) is 2. The van der Waals surface area contributed by atoms with Gasteiger partial charge in [0.1, 0.15) is 0 Å². The van der Waals surface area contributed by atoms with Crippen molar-refractivity contribution >= 4 is 0 Å². The number of hydrazine groups is 1. The summed E-state index contributed by atoms with van der Waals surface area (Å²) in [4.78, 5) is 0. The lowest BCUT2D eigenvalue weighted by Gasteiger charge is -2.18. The van der Waals surface area contributed by atoms with Crippen LogP contribution < -0.4 is 10.9 Å². The maximum absolute atomic E-state index is 12.0. The molecule has 0 bridgehead atoms. The van der Waals surface area contributed by atoms with Gasteiger partial charge in [-0.05, 0) is 5.92 Å². The summed E-state index contributed by atoms with van der Waals surface area (Å²) in [5, 5.41) is 0. The topological polar surface area (TPSA) is 43.9 Å². The first-order valence-corrected chi connectivity index (χ1v) is 3.01. The van der Waals surface area contributed by atoms with Crippen LogP contribution in [0.2, 0.25) is 0 Å². The molecule has 0 atom stereocenters. The van der Waals surface area contributed by atoms with Gasteiger partial charge >= 0.3 is 6.18 Å². The molecule has 1 aliphatic rings. The van der Waals surface area contributed by atoms with Crippen LogP contribution in [0.15, 0.2) is 0 Å². The highest BCUT2D eigenvalue weighted by Gasteiger charge is 2.65. The van der Waals surface area contributed by atoms with Crippen molar-refractivity contribution in [2.75, 3.05) is 0 Å². The molecule has 0 radical (unpaired) electrons. The van der Waals surface area contributed by atoms with Gasteiger partial charge in [0, 0.05) is 0 Å². The molecule has 0 saturated carbocycles. The Kier molecular flexibility index (Phi) is 1.45. The van der Waals surface area contributed by atoms with Gasteiger partial charge in [0.15, 0.2) is 5.66 Å². The molecule has 1 aliphatic heterocycles. The SMILES string of the molecule is CC(C)C1(C(F)(F)F)NN1. The second kappa shape index (κ2) is 1.85. The highest BCUT2D eigenvalue weighted by molar-refractivity contribution is 5.03. The summed E-state index contributed by atoms with van der Waals surface area (Å²) in [6, 6.07) is 0. The zero-order chi connectivity index (χ0) is 7.99. The van der Waals surface area contributed by atoms with Crippen molar-refractivity contribution in [2.24, 2.45) is 5.92 Å². The maximum atomic E-state index is 12.0. The van der Waals surface area contributed by atoms with Gasteiger partial charge < -0.3 is 0 Å². The Labute approximate surface area is 56.8 Å². The van der Waals surface area contributed by atoms with E-state index in [2.05, 4.69) is 10.9 Å². The third kappa shape index (κ3) is 0.894. The Morgan fingerprint density at radius 2 is 1.60 bits per heavy atom. The molecular weight excluding hydrogens is 145 g/mol. The normalized spacial score (nSPS) is 23.4. The van der Waals surface area contributed by atoms with E-state index < -0.39 is 17.8 Å². The summed E-state index contributed by atoms with van der Waals surface area (Å²) in [7, 11) is 0. The molecule has 0 aromatic rings. The van der Waals surface area contributed by atoms with Crippen LogP contribution in [-0.4, -0.2) is 11.8 Å². The quantitative estimate of drug-likeness (QED) is 0.553. The Bertz CT molecular complexity index is 136. The zero-order valence-corrected chi connectivity index (χ0v) is 5.71. The van der Waals surface area contributed by atoms with Gasteiger partial charge in [-0.25, -0.2) is 10.9 Å². The summed E-state index contributed by atoms with van der Waals surface area (Å²) in [6.07, 6.45) is -4.19. The molecule has 0 aromatic heterocycles. The molecule has 0 aromatic carbocycles. The first-order valence-electron chi connectivity index (χ1n) is 3.01. The van der Waals surface area contributed by atoms with Gasteiger partial charge in [0.05, 0.1) is 0 Å². The molecule has 1 heterocycles. The van der Waals surface area contributed by atoms with E-state index in [-0.39, 0.29) is 0 Å². The molecule has 0 aliphatic carbocycles. The monoisotopic (exact) mass is 154 g/mol. The summed E-state index contributed by atoms with van der Waals surface area (Å²) in [5.41, 5.74) is 2.41. The molecule has 1 rings (SSSR count). The smallest absolute Gasteiger partial charge is 0.227 e. The largest absolute Gasteiger partial charge is 0.422 e. The highest BCUT2D eigenvalue weighted by atomic mass is 19.4. The Hall–Kier alpha value is -0.290. The molecule has 0 unspecified atom stereocenters. The zero-order valence-electron chi connectivity index (χ0n) is 5.71. The van der Waals surface area contributed by atoms with Crippen molar-refractivity contribution in [3.63, 3.8) is 0 Å². The minimum absolute atomic E-state index is 0.479. The molecule has 0 spiro atoms. The highest BCUT2D eigenvalue weighted by Crippen LogP contribution is 2.38. The predicted molar refractivity (Wildman–Crippen MR) is 29.9 cm³/mol. The summed E-state index contributed by atoms with van der Waals surface area (Å²) >= 11 is 0. The lowest BCUT2D eigenvalue weighted by atomic mass is 10.0. The van der Waals surface area contributed by atoms with E-state index in [0.29, 0.717) is 0 Å².